The molecule has 1 aliphatic carbocycles. The van der Waals surface area contributed by atoms with Crippen LogP contribution in [-0.2, 0) is 5.41 Å². The number of rotatable bonds is 6. The Kier molecular flexibility index (Phi) is 6.07. The summed E-state index contributed by atoms with van der Waals surface area (Å²) in [6.45, 7) is 2.27. The van der Waals surface area contributed by atoms with Crippen molar-refractivity contribution in [2.75, 3.05) is 6.54 Å². The number of pyridine rings is 2. The molecule has 7 nitrogen and oxygen atoms in total. The molecule has 1 aliphatic rings. The quantitative estimate of drug-likeness (QED) is 0.412. The van der Waals surface area contributed by atoms with E-state index in [9.17, 15) is 14.7 Å². The van der Waals surface area contributed by atoms with E-state index in [-0.39, 0.29) is 16.9 Å². The molecule has 35 heavy (non-hydrogen) atoms. The number of carbonyl (C=O) groups is 2. The van der Waals surface area contributed by atoms with Crippen molar-refractivity contribution in [3.63, 3.8) is 0 Å². The lowest BCUT2D eigenvalue weighted by Gasteiger charge is -2.37. The second-order valence-electron chi connectivity index (χ2n) is 9.33. The molecule has 0 spiro atoms. The summed E-state index contributed by atoms with van der Waals surface area (Å²) in [4.78, 5) is 34.2. The third-order valence-corrected chi connectivity index (χ3v) is 7.21. The summed E-state index contributed by atoms with van der Waals surface area (Å²) >= 11 is 0. The van der Waals surface area contributed by atoms with Crippen molar-refractivity contribution in [2.45, 2.75) is 44.4 Å². The van der Waals surface area contributed by atoms with Crippen LogP contribution >= 0.6 is 0 Å². The normalized spacial score (nSPS) is 15.1. The summed E-state index contributed by atoms with van der Waals surface area (Å²) in [6.07, 6.45) is 12.5. The van der Waals surface area contributed by atoms with Crippen molar-refractivity contribution in [2.24, 2.45) is 0 Å². The molecule has 7 heteroatoms. The van der Waals surface area contributed by atoms with Crippen LogP contribution in [0.1, 0.15) is 63.9 Å². The molecule has 178 valence electrons. The van der Waals surface area contributed by atoms with E-state index in [1.54, 1.807) is 36.1 Å². The number of benzene rings is 1. The van der Waals surface area contributed by atoms with E-state index < -0.39 is 5.97 Å². The van der Waals surface area contributed by atoms with E-state index in [1.165, 1.54) is 6.42 Å². The molecule has 0 unspecified atom stereocenters. The van der Waals surface area contributed by atoms with E-state index >= 15 is 0 Å². The second kappa shape index (κ2) is 9.33. The number of hydrogen-bond donors (Lipinski definition) is 2. The number of nitrogens with one attached hydrogen (secondary N) is 1. The Morgan fingerprint density at radius 1 is 1.06 bits per heavy atom. The molecule has 0 saturated heterocycles. The zero-order valence-corrected chi connectivity index (χ0v) is 19.7. The summed E-state index contributed by atoms with van der Waals surface area (Å²) in [5.74, 6) is -0.935. The fraction of sp³-hybridized carbons (Fsp3) is 0.286. The van der Waals surface area contributed by atoms with Gasteiger partial charge in [-0.3, -0.25) is 14.3 Å². The van der Waals surface area contributed by atoms with Crippen molar-refractivity contribution in [1.82, 2.24) is 19.9 Å². The molecule has 4 aromatic rings. The first-order chi connectivity index (χ1) is 17.0. The number of carboxylic acids is 1. The van der Waals surface area contributed by atoms with E-state index in [4.69, 9.17) is 0 Å². The molecule has 1 saturated carbocycles. The lowest BCUT2D eigenvalue weighted by Crippen LogP contribution is -2.42. The highest BCUT2D eigenvalue weighted by atomic mass is 16.4. The van der Waals surface area contributed by atoms with Crippen LogP contribution in [0.2, 0.25) is 0 Å². The van der Waals surface area contributed by atoms with Gasteiger partial charge >= 0.3 is 5.97 Å². The highest BCUT2D eigenvalue weighted by Gasteiger charge is 2.35. The maximum atomic E-state index is 13.5. The minimum Gasteiger partial charge on any atom is -0.478 e. The monoisotopic (exact) mass is 468 g/mol. The van der Waals surface area contributed by atoms with Gasteiger partial charge in [-0.2, -0.15) is 0 Å². The average Bonchev–Trinajstić information content (AvgIpc) is 3.28. The predicted molar refractivity (Wildman–Crippen MR) is 134 cm³/mol. The molecule has 0 aliphatic heterocycles. The van der Waals surface area contributed by atoms with Gasteiger partial charge in [0.25, 0.3) is 5.91 Å². The molecule has 1 fully saturated rings. The molecule has 1 amide bonds. The molecule has 0 bridgehead atoms. The van der Waals surface area contributed by atoms with Crippen LogP contribution in [0, 0.1) is 6.92 Å². The Morgan fingerprint density at radius 2 is 1.86 bits per heavy atom. The molecule has 3 aromatic heterocycles. The van der Waals surface area contributed by atoms with Gasteiger partial charge in [-0.1, -0.05) is 43.5 Å². The number of aryl methyl sites for hydroxylation is 1. The maximum absolute atomic E-state index is 13.5. The fourth-order valence-electron chi connectivity index (χ4n) is 5.34. The summed E-state index contributed by atoms with van der Waals surface area (Å²) in [6, 6.07) is 13.2. The van der Waals surface area contributed by atoms with Gasteiger partial charge in [-0.15, -0.1) is 0 Å². The predicted octanol–water partition coefficient (Wildman–Crippen LogP) is 5.06. The van der Waals surface area contributed by atoms with Crippen molar-refractivity contribution in [3.8, 4) is 5.82 Å². The number of carbonyl (C=O) groups excluding carboxylic acids is 1. The standard InChI is InChI=1S/C28H28N4O3/c1-19-11-15-30-25(24(19)27(34)35)32-17-22(21-9-3-4-10-23(21)32)26(33)31-18-28(12-5-2-6-13-28)20-8-7-14-29-16-20/h3-4,7-11,14-17H,2,5-6,12-13,18H2,1H3,(H,31,33)(H,34,35). The Morgan fingerprint density at radius 3 is 2.60 bits per heavy atom. The number of carboxylic acid groups (broad SMARTS) is 1. The lowest BCUT2D eigenvalue weighted by atomic mass is 9.70. The Hall–Kier alpha value is -4.00. The van der Waals surface area contributed by atoms with Crippen molar-refractivity contribution < 1.29 is 14.7 Å². The van der Waals surface area contributed by atoms with Crippen LogP contribution in [0.5, 0.6) is 0 Å². The first-order valence-electron chi connectivity index (χ1n) is 12.0. The van der Waals surface area contributed by atoms with E-state index in [1.807, 2.05) is 36.5 Å². The van der Waals surface area contributed by atoms with Crippen molar-refractivity contribution in [1.29, 1.82) is 0 Å². The number of aromatic nitrogens is 3. The van der Waals surface area contributed by atoms with E-state index in [2.05, 4.69) is 21.4 Å². The number of para-hydroxylation sites is 1. The maximum Gasteiger partial charge on any atom is 0.339 e. The summed E-state index contributed by atoms with van der Waals surface area (Å²) in [7, 11) is 0. The summed E-state index contributed by atoms with van der Waals surface area (Å²) in [5.41, 5.74) is 3.00. The van der Waals surface area contributed by atoms with Gasteiger partial charge in [0.1, 0.15) is 5.56 Å². The van der Waals surface area contributed by atoms with Crippen molar-refractivity contribution >= 4 is 22.8 Å². The molecule has 3 heterocycles. The second-order valence-corrected chi connectivity index (χ2v) is 9.33. The number of hydrogen-bond acceptors (Lipinski definition) is 4. The first kappa shape index (κ1) is 22.8. The Balaban J connectivity index is 1.51. The Bertz CT molecular complexity index is 1390. The third kappa shape index (κ3) is 4.18. The van der Waals surface area contributed by atoms with E-state index in [0.717, 1.165) is 42.1 Å². The minimum absolute atomic E-state index is 0.123. The van der Waals surface area contributed by atoms with Crippen LogP contribution in [0.4, 0.5) is 0 Å². The third-order valence-electron chi connectivity index (χ3n) is 7.21. The molecule has 0 radical (unpaired) electrons. The van der Waals surface area contributed by atoms with Gasteiger partial charge < -0.3 is 10.4 Å². The topological polar surface area (TPSA) is 97.1 Å². The molecule has 2 N–H and O–H groups in total. The zero-order valence-electron chi connectivity index (χ0n) is 19.7. The number of amides is 1. The minimum atomic E-state index is -1.05. The van der Waals surface area contributed by atoms with Crippen LogP contribution in [0.3, 0.4) is 0 Å². The summed E-state index contributed by atoms with van der Waals surface area (Å²) < 4.78 is 1.71. The van der Waals surface area contributed by atoms with Gasteiger partial charge in [0, 0.05) is 42.1 Å². The van der Waals surface area contributed by atoms with Gasteiger partial charge in [-0.05, 0) is 49.1 Å². The van der Waals surface area contributed by atoms with Gasteiger partial charge in [0.2, 0.25) is 0 Å². The van der Waals surface area contributed by atoms with Crippen molar-refractivity contribution in [3.05, 3.63) is 89.5 Å². The number of aromatic carboxylic acids is 1. The van der Waals surface area contributed by atoms with Crippen LogP contribution in [0.25, 0.3) is 16.7 Å². The highest BCUT2D eigenvalue weighted by molar-refractivity contribution is 6.07. The molecule has 1 aromatic carbocycles. The molecule has 0 atom stereocenters. The van der Waals surface area contributed by atoms with Crippen LogP contribution < -0.4 is 5.32 Å². The largest absolute Gasteiger partial charge is 0.478 e. The average molecular weight is 469 g/mol. The SMILES string of the molecule is Cc1ccnc(-n2cc(C(=O)NCC3(c4cccnc4)CCCCC3)c3ccccc32)c1C(=O)O. The van der Waals surface area contributed by atoms with Crippen LogP contribution in [0.15, 0.2) is 67.3 Å². The molecular weight excluding hydrogens is 440 g/mol. The number of nitrogens with zero attached hydrogens (tertiary/aromatic N) is 3. The summed E-state index contributed by atoms with van der Waals surface area (Å²) in [5, 5.41) is 13.8. The zero-order chi connectivity index (χ0) is 24.4. The first-order valence-corrected chi connectivity index (χ1v) is 12.0. The number of fused-ring (bicyclic) bond motifs is 1. The van der Waals surface area contributed by atoms with Gasteiger partial charge in [0.05, 0.1) is 11.1 Å². The molecule has 5 rings (SSSR count). The van der Waals surface area contributed by atoms with Gasteiger partial charge in [-0.25, -0.2) is 9.78 Å². The smallest absolute Gasteiger partial charge is 0.339 e. The lowest BCUT2D eigenvalue weighted by molar-refractivity contribution is 0.0695. The van der Waals surface area contributed by atoms with Gasteiger partial charge in [0.15, 0.2) is 5.82 Å². The van der Waals surface area contributed by atoms with E-state index in [0.29, 0.717) is 23.5 Å². The fourth-order valence-corrected chi connectivity index (χ4v) is 5.34. The highest BCUT2D eigenvalue weighted by Crippen LogP contribution is 2.39. The molecular formula is C28H28N4O3. The Labute approximate surface area is 203 Å². The van der Waals surface area contributed by atoms with Crippen LogP contribution in [-0.4, -0.2) is 38.1 Å².